The summed E-state index contributed by atoms with van der Waals surface area (Å²) < 4.78 is 11.3. The number of hydrogen-bond acceptors (Lipinski definition) is 3. The fourth-order valence-electron chi connectivity index (χ4n) is 2.01. The predicted octanol–water partition coefficient (Wildman–Crippen LogP) is 3.77. The maximum atomic E-state index is 5.96. The summed E-state index contributed by atoms with van der Waals surface area (Å²) in [6.45, 7) is 5.59. The molecule has 2 aromatic rings. The van der Waals surface area contributed by atoms with Crippen LogP contribution >= 0.6 is 0 Å². The van der Waals surface area contributed by atoms with Gasteiger partial charge < -0.3 is 14.8 Å². The van der Waals surface area contributed by atoms with Crippen molar-refractivity contribution in [3.63, 3.8) is 0 Å². The number of hydrogen-bond donors (Lipinski definition) is 1. The lowest BCUT2D eigenvalue weighted by Gasteiger charge is -2.15. The molecule has 0 saturated carbocycles. The van der Waals surface area contributed by atoms with Crippen molar-refractivity contribution < 1.29 is 9.47 Å². The Bertz CT molecular complexity index is 552. The summed E-state index contributed by atoms with van der Waals surface area (Å²) in [5.74, 6) is 1.75. The first-order valence-corrected chi connectivity index (χ1v) is 7.26. The summed E-state index contributed by atoms with van der Waals surface area (Å²) in [5.41, 5.74) is 2.27. The summed E-state index contributed by atoms with van der Waals surface area (Å²) in [7, 11) is 1.68. The van der Waals surface area contributed by atoms with Gasteiger partial charge in [0.25, 0.3) is 0 Å². The fourth-order valence-corrected chi connectivity index (χ4v) is 2.01. The van der Waals surface area contributed by atoms with Crippen LogP contribution in [0.25, 0.3) is 0 Å². The summed E-state index contributed by atoms with van der Waals surface area (Å²) in [4.78, 5) is 0. The molecule has 0 unspecified atom stereocenters. The van der Waals surface area contributed by atoms with Gasteiger partial charge in [0.2, 0.25) is 0 Å². The molecule has 0 saturated heterocycles. The first-order valence-electron chi connectivity index (χ1n) is 7.26. The van der Waals surface area contributed by atoms with E-state index in [-0.39, 0.29) is 0 Å². The maximum absolute atomic E-state index is 5.96. The second-order valence-corrected chi connectivity index (χ2v) is 5.28. The molecule has 0 aliphatic heterocycles. The number of methoxy groups -OCH3 is 1. The molecule has 0 fully saturated rings. The van der Waals surface area contributed by atoms with Crippen LogP contribution < -0.4 is 14.8 Å². The van der Waals surface area contributed by atoms with Crippen molar-refractivity contribution in [2.75, 3.05) is 7.11 Å². The number of nitrogens with one attached hydrogen (secondary N) is 1. The van der Waals surface area contributed by atoms with Crippen LogP contribution in [0.15, 0.2) is 48.5 Å². The van der Waals surface area contributed by atoms with Gasteiger partial charge in [-0.2, -0.15) is 0 Å². The van der Waals surface area contributed by atoms with Crippen LogP contribution in [0.5, 0.6) is 11.5 Å². The molecule has 2 rings (SSSR count). The molecule has 0 aliphatic carbocycles. The average Bonchev–Trinajstić information content (AvgIpc) is 2.52. The smallest absolute Gasteiger partial charge is 0.124 e. The molecule has 21 heavy (non-hydrogen) atoms. The summed E-state index contributed by atoms with van der Waals surface area (Å²) in [5, 5.41) is 3.42. The van der Waals surface area contributed by atoms with Crippen molar-refractivity contribution >= 4 is 0 Å². The summed E-state index contributed by atoms with van der Waals surface area (Å²) >= 11 is 0. The molecule has 0 heterocycles. The third-order valence-corrected chi connectivity index (χ3v) is 3.21. The van der Waals surface area contributed by atoms with Crippen molar-refractivity contribution in [1.29, 1.82) is 0 Å². The topological polar surface area (TPSA) is 30.5 Å². The first kappa shape index (κ1) is 15.4. The lowest BCUT2D eigenvalue weighted by atomic mass is 10.1. The predicted molar refractivity (Wildman–Crippen MR) is 85.7 cm³/mol. The Hall–Kier alpha value is -2.00. The number of ether oxygens (including phenoxy) is 2. The lowest BCUT2D eigenvalue weighted by Crippen LogP contribution is -2.22. The molecule has 3 nitrogen and oxygen atoms in total. The van der Waals surface area contributed by atoms with E-state index in [9.17, 15) is 0 Å². The Kier molecular flexibility index (Phi) is 5.64. The van der Waals surface area contributed by atoms with Crippen LogP contribution in [0.4, 0.5) is 0 Å². The van der Waals surface area contributed by atoms with Gasteiger partial charge in [0.05, 0.1) is 7.11 Å². The molecule has 1 N–H and O–H groups in total. The first-order chi connectivity index (χ1) is 10.2. The van der Waals surface area contributed by atoms with Crippen LogP contribution in [0, 0.1) is 0 Å². The zero-order valence-electron chi connectivity index (χ0n) is 12.9. The Morgan fingerprint density at radius 1 is 1.05 bits per heavy atom. The maximum Gasteiger partial charge on any atom is 0.124 e. The van der Waals surface area contributed by atoms with Crippen LogP contribution in [0.2, 0.25) is 0 Å². The van der Waals surface area contributed by atoms with Gasteiger partial charge in [-0.3, -0.25) is 0 Å². The van der Waals surface area contributed by atoms with Crippen LogP contribution in [0.3, 0.4) is 0 Å². The average molecular weight is 285 g/mol. The lowest BCUT2D eigenvalue weighted by molar-refractivity contribution is 0.301. The molecule has 0 radical (unpaired) electrons. The van der Waals surface area contributed by atoms with E-state index in [1.165, 1.54) is 0 Å². The van der Waals surface area contributed by atoms with E-state index in [1.807, 2.05) is 36.4 Å². The Balaban J connectivity index is 2.09. The molecular weight excluding hydrogens is 262 g/mol. The van der Waals surface area contributed by atoms with Gasteiger partial charge >= 0.3 is 0 Å². The van der Waals surface area contributed by atoms with Gasteiger partial charge in [-0.25, -0.2) is 0 Å². The molecule has 0 atom stereocenters. The van der Waals surface area contributed by atoms with E-state index < -0.39 is 0 Å². The molecule has 0 aliphatic rings. The van der Waals surface area contributed by atoms with E-state index in [4.69, 9.17) is 9.47 Å². The molecule has 0 amide bonds. The van der Waals surface area contributed by atoms with Gasteiger partial charge in [-0.1, -0.05) is 44.2 Å². The zero-order chi connectivity index (χ0) is 15.1. The van der Waals surface area contributed by atoms with E-state index in [1.54, 1.807) is 7.11 Å². The molecule has 0 aromatic heterocycles. The van der Waals surface area contributed by atoms with Crippen molar-refractivity contribution in [2.45, 2.75) is 33.0 Å². The van der Waals surface area contributed by atoms with Gasteiger partial charge in [0, 0.05) is 18.2 Å². The fraction of sp³-hybridized carbons (Fsp3) is 0.333. The van der Waals surface area contributed by atoms with E-state index in [2.05, 4.69) is 31.3 Å². The standard InChI is InChI=1S/C18H23NO2/c1-14(2)19-12-16-11-17(20-3)9-10-18(16)21-13-15-7-5-4-6-8-15/h4-11,14,19H,12-13H2,1-3H3. The quantitative estimate of drug-likeness (QED) is 0.840. The zero-order valence-corrected chi connectivity index (χ0v) is 12.9. The second-order valence-electron chi connectivity index (χ2n) is 5.28. The SMILES string of the molecule is COc1ccc(OCc2ccccc2)c(CNC(C)C)c1. The van der Waals surface area contributed by atoms with E-state index in [0.29, 0.717) is 12.6 Å². The Labute approximate surface area is 126 Å². The molecule has 3 heteroatoms. The Morgan fingerprint density at radius 3 is 2.48 bits per heavy atom. The highest BCUT2D eigenvalue weighted by atomic mass is 16.5. The summed E-state index contributed by atoms with van der Waals surface area (Å²) in [6.07, 6.45) is 0. The van der Waals surface area contributed by atoms with Crippen LogP contribution in [-0.4, -0.2) is 13.2 Å². The van der Waals surface area contributed by atoms with Gasteiger partial charge in [0.15, 0.2) is 0 Å². The minimum absolute atomic E-state index is 0.429. The third kappa shape index (κ3) is 4.80. The molecule has 0 spiro atoms. The second kappa shape index (κ2) is 7.70. The van der Waals surface area contributed by atoms with Crippen LogP contribution in [-0.2, 0) is 13.2 Å². The van der Waals surface area contributed by atoms with E-state index >= 15 is 0 Å². The molecule has 0 bridgehead atoms. The molecule has 2 aromatic carbocycles. The Morgan fingerprint density at radius 2 is 1.81 bits per heavy atom. The number of rotatable bonds is 7. The number of benzene rings is 2. The monoisotopic (exact) mass is 285 g/mol. The highest BCUT2D eigenvalue weighted by molar-refractivity contribution is 5.40. The molecule has 112 valence electrons. The summed E-state index contributed by atoms with van der Waals surface area (Å²) in [6, 6.07) is 16.5. The highest BCUT2D eigenvalue weighted by Crippen LogP contribution is 2.25. The van der Waals surface area contributed by atoms with Crippen molar-refractivity contribution in [1.82, 2.24) is 5.32 Å². The largest absolute Gasteiger partial charge is 0.497 e. The van der Waals surface area contributed by atoms with Gasteiger partial charge in [-0.05, 0) is 23.8 Å². The third-order valence-electron chi connectivity index (χ3n) is 3.21. The molecular formula is C18H23NO2. The van der Waals surface area contributed by atoms with Gasteiger partial charge in [-0.15, -0.1) is 0 Å². The van der Waals surface area contributed by atoms with Crippen LogP contribution in [0.1, 0.15) is 25.0 Å². The van der Waals surface area contributed by atoms with Crippen molar-refractivity contribution in [3.8, 4) is 11.5 Å². The van der Waals surface area contributed by atoms with Gasteiger partial charge in [0.1, 0.15) is 18.1 Å². The normalized spacial score (nSPS) is 10.7. The van der Waals surface area contributed by atoms with Crippen molar-refractivity contribution in [2.24, 2.45) is 0 Å². The minimum atomic E-state index is 0.429. The minimum Gasteiger partial charge on any atom is -0.497 e. The van der Waals surface area contributed by atoms with E-state index in [0.717, 1.165) is 29.2 Å². The van der Waals surface area contributed by atoms with Crippen molar-refractivity contribution in [3.05, 3.63) is 59.7 Å². The highest BCUT2D eigenvalue weighted by Gasteiger charge is 2.07.